The molecule has 0 aliphatic heterocycles. The van der Waals surface area contributed by atoms with Crippen LogP contribution in [-0.2, 0) is 0 Å². The molecule has 0 aliphatic carbocycles. The third-order valence-electron chi connectivity index (χ3n) is 3.20. The van der Waals surface area contributed by atoms with Crippen molar-refractivity contribution in [3.63, 3.8) is 0 Å². The van der Waals surface area contributed by atoms with Crippen molar-refractivity contribution < 1.29 is 5.11 Å². The highest BCUT2D eigenvalue weighted by Crippen LogP contribution is 2.37. The molecular weight excluding hydrogens is 216 g/mol. The first-order valence-corrected chi connectivity index (χ1v) is 12.2. The summed E-state index contributed by atoms with van der Waals surface area (Å²) < 4.78 is 0. The van der Waals surface area contributed by atoms with E-state index >= 15 is 0 Å². The minimum absolute atomic E-state index is 0.195. The van der Waals surface area contributed by atoms with E-state index in [0.29, 0.717) is 0 Å². The van der Waals surface area contributed by atoms with Gasteiger partial charge in [0.15, 0.2) is 0 Å². The molecule has 0 heterocycles. The summed E-state index contributed by atoms with van der Waals surface area (Å²) in [4.78, 5) is 0. The van der Waals surface area contributed by atoms with E-state index in [4.69, 9.17) is 0 Å². The van der Waals surface area contributed by atoms with Crippen molar-refractivity contribution in [1.29, 1.82) is 0 Å². The summed E-state index contributed by atoms with van der Waals surface area (Å²) in [6.45, 7) is 17.7. The highest BCUT2D eigenvalue weighted by Gasteiger charge is 2.41. The maximum Gasteiger partial charge on any atom is 0.129 e. The molecule has 0 fully saturated rings. The Morgan fingerprint density at radius 3 is 1.67 bits per heavy atom. The summed E-state index contributed by atoms with van der Waals surface area (Å²) >= 11 is 0. The Morgan fingerprint density at radius 2 is 1.40 bits per heavy atom. The fraction of sp³-hybridized carbons (Fsp3) is 0.833. The van der Waals surface area contributed by atoms with Gasteiger partial charge in [-0.2, -0.15) is 0 Å². The predicted molar refractivity (Wildman–Crippen MR) is 74.3 cm³/mol. The van der Waals surface area contributed by atoms with Gasteiger partial charge in [-0.3, -0.25) is 0 Å². The minimum atomic E-state index is -1.70. The molecule has 0 radical (unpaired) electrons. The van der Waals surface area contributed by atoms with Crippen molar-refractivity contribution in [1.82, 2.24) is 0 Å². The van der Waals surface area contributed by atoms with Crippen molar-refractivity contribution in [3.8, 4) is 11.5 Å². The van der Waals surface area contributed by atoms with Crippen LogP contribution in [0.15, 0.2) is 0 Å². The molecule has 1 atom stereocenters. The van der Waals surface area contributed by atoms with Crippen molar-refractivity contribution in [2.24, 2.45) is 0 Å². The van der Waals surface area contributed by atoms with E-state index in [1.54, 1.807) is 0 Å². The fourth-order valence-corrected chi connectivity index (χ4v) is 2.84. The topological polar surface area (TPSA) is 20.2 Å². The number of aliphatic hydroxyl groups excluding tert-OH is 1. The van der Waals surface area contributed by atoms with Crippen molar-refractivity contribution >= 4 is 16.1 Å². The molecule has 0 aromatic heterocycles. The fourth-order valence-electron chi connectivity index (χ4n) is 0.875. The molecular formula is C12H26OSi2. The molecule has 0 aromatic rings. The summed E-state index contributed by atoms with van der Waals surface area (Å²) in [5.41, 5.74) is 2.87. The summed E-state index contributed by atoms with van der Waals surface area (Å²) in [5.74, 6) is 3.10. The molecule has 0 saturated heterocycles. The van der Waals surface area contributed by atoms with Gasteiger partial charge in [0.25, 0.3) is 0 Å². The van der Waals surface area contributed by atoms with E-state index in [0.717, 1.165) is 0 Å². The SMILES string of the molecule is CC(C)(C)[Si](C)(C)C(O)C#C[Si](C)(C)C. The summed E-state index contributed by atoms with van der Waals surface area (Å²) in [6.07, 6.45) is 0. The van der Waals surface area contributed by atoms with E-state index in [2.05, 4.69) is 65.0 Å². The van der Waals surface area contributed by atoms with Crippen LogP contribution in [0.2, 0.25) is 37.8 Å². The molecule has 0 aromatic carbocycles. The van der Waals surface area contributed by atoms with Crippen molar-refractivity contribution in [2.75, 3.05) is 0 Å². The minimum Gasteiger partial charge on any atom is -0.384 e. The zero-order valence-corrected chi connectivity index (χ0v) is 13.5. The van der Waals surface area contributed by atoms with E-state index in [1.165, 1.54) is 0 Å². The lowest BCUT2D eigenvalue weighted by atomic mass is 10.2. The van der Waals surface area contributed by atoms with E-state index in [1.807, 2.05) is 0 Å². The highest BCUT2D eigenvalue weighted by atomic mass is 28.3. The van der Waals surface area contributed by atoms with Crippen LogP contribution in [0.4, 0.5) is 0 Å². The number of hydrogen-bond donors (Lipinski definition) is 1. The van der Waals surface area contributed by atoms with Gasteiger partial charge in [0, 0.05) is 0 Å². The van der Waals surface area contributed by atoms with Crippen LogP contribution in [0, 0.1) is 11.5 Å². The zero-order valence-electron chi connectivity index (χ0n) is 11.5. The molecule has 1 unspecified atom stereocenters. The Balaban J connectivity index is 4.86. The molecule has 0 rings (SSSR count). The van der Waals surface area contributed by atoms with E-state index in [9.17, 15) is 5.11 Å². The standard InChI is InChI=1S/C12H26OSi2/c1-12(2,3)15(7,8)11(13)9-10-14(4,5)6/h11,13H,1-8H3. The summed E-state index contributed by atoms with van der Waals surface area (Å²) in [5, 5.41) is 10.4. The van der Waals surface area contributed by atoms with Crippen molar-refractivity contribution in [2.45, 2.75) is 64.3 Å². The quantitative estimate of drug-likeness (QED) is 0.553. The second-order valence-corrected chi connectivity index (χ2v) is 17.1. The van der Waals surface area contributed by atoms with Gasteiger partial charge in [0.05, 0.1) is 0 Å². The van der Waals surface area contributed by atoms with Crippen LogP contribution in [0.1, 0.15) is 20.8 Å². The van der Waals surface area contributed by atoms with Gasteiger partial charge < -0.3 is 5.11 Å². The molecule has 1 nitrogen and oxygen atoms in total. The van der Waals surface area contributed by atoms with Crippen LogP contribution in [-0.4, -0.2) is 27.0 Å². The Kier molecular flexibility index (Phi) is 4.43. The molecule has 0 saturated carbocycles. The van der Waals surface area contributed by atoms with E-state index in [-0.39, 0.29) is 5.04 Å². The second-order valence-electron chi connectivity index (χ2n) is 6.89. The van der Waals surface area contributed by atoms with Gasteiger partial charge in [-0.05, 0) is 5.04 Å². The Morgan fingerprint density at radius 1 is 1.00 bits per heavy atom. The smallest absolute Gasteiger partial charge is 0.129 e. The molecule has 3 heteroatoms. The largest absolute Gasteiger partial charge is 0.384 e. The lowest BCUT2D eigenvalue weighted by Gasteiger charge is -2.38. The molecule has 0 aliphatic rings. The molecule has 0 spiro atoms. The summed E-state index contributed by atoms with van der Waals surface area (Å²) in [6, 6.07) is 0. The lowest BCUT2D eigenvalue weighted by Crippen LogP contribution is -2.48. The zero-order chi connectivity index (χ0) is 12.5. The van der Waals surface area contributed by atoms with Crippen LogP contribution in [0.5, 0.6) is 0 Å². The van der Waals surface area contributed by atoms with Crippen molar-refractivity contribution in [3.05, 3.63) is 0 Å². The summed E-state index contributed by atoms with van der Waals surface area (Å²) in [7, 11) is -3.06. The second kappa shape index (κ2) is 4.44. The predicted octanol–water partition coefficient (Wildman–Crippen LogP) is 3.28. The first-order valence-electron chi connectivity index (χ1n) is 5.59. The van der Waals surface area contributed by atoms with Gasteiger partial charge >= 0.3 is 0 Å². The molecule has 0 amide bonds. The van der Waals surface area contributed by atoms with Gasteiger partial charge in [-0.25, -0.2) is 0 Å². The monoisotopic (exact) mass is 242 g/mol. The normalized spacial score (nSPS) is 15.5. The van der Waals surface area contributed by atoms with Crippen LogP contribution < -0.4 is 0 Å². The number of hydrogen-bond acceptors (Lipinski definition) is 1. The Hall–Kier alpha value is -0.0462. The molecule has 88 valence electrons. The van der Waals surface area contributed by atoms with E-state index < -0.39 is 21.9 Å². The number of rotatable bonds is 1. The number of aliphatic hydroxyl groups is 1. The average Bonchev–Trinajstić information content (AvgIpc) is 1.96. The Labute approximate surface area is 97.3 Å². The lowest BCUT2D eigenvalue weighted by molar-refractivity contribution is 0.292. The average molecular weight is 243 g/mol. The maximum absolute atomic E-state index is 10.2. The van der Waals surface area contributed by atoms with Gasteiger partial charge in [0.2, 0.25) is 0 Å². The first-order chi connectivity index (χ1) is 6.38. The Bertz CT molecular complexity index is 271. The van der Waals surface area contributed by atoms with Gasteiger partial charge in [0.1, 0.15) is 21.9 Å². The molecule has 15 heavy (non-hydrogen) atoms. The highest BCUT2D eigenvalue weighted by molar-refractivity contribution is 6.85. The van der Waals surface area contributed by atoms with Crippen LogP contribution >= 0.6 is 0 Å². The van der Waals surface area contributed by atoms with Gasteiger partial charge in [-0.1, -0.05) is 59.4 Å². The van der Waals surface area contributed by atoms with Gasteiger partial charge in [-0.15, -0.1) is 5.54 Å². The molecule has 1 N–H and O–H groups in total. The maximum atomic E-state index is 10.2. The third-order valence-corrected chi connectivity index (χ3v) is 9.47. The third kappa shape index (κ3) is 4.54. The van der Waals surface area contributed by atoms with Crippen LogP contribution in [0.3, 0.4) is 0 Å². The first kappa shape index (κ1) is 15.0. The molecule has 0 bridgehead atoms. The van der Waals surface area contributed by atoms with Crippen LogP contribution in [0.25, 0.3) is 0 Å².